The summed E-state index contributed by atoms with van der Waals surface area (Å²) in [5, 5.41) is 9.20. The Bertz CT molecular complexity index is 541. The molecule has 1 saturated carbocycles. The van der Waals surface area contributed by atoms with E-state index in [0.717, 1.165) is 25.7 Å². The first-order valence-corrected chi connectivity index (χ1v) is 7.69. The van der Waals surface area contributed by atoms with Crippen molar-refractivity contribution in [2.75, 3.05) is 4.90 Å². The number of piperidine rings is 1. The molecule has 0 aromatic heterocycles. The Morgan fingerprint density at radius 3 is 2.33 bits per heavy atom. The molecule has 1 N–H and O–H groups in total. The molecule has 1 aliphatic heterocycles. The predicted octanol–water partition coefficient (Wildman–Crippen LogP) is 2.78. The molecular formula is C17H21NO3. The average Bonchev–Trinajstić information content (AvgIpc) is 2.47. The zero-order valence-corrected chi connectivity index (χ0v) is 12.2. The summed E-state index contributed by atoms with van der Waals surface area (Å²) < 4.78 is 0. The second-order valence-electron chi connectivity index (χ2n) is 6.37. The summed E-state index contributed by atoms with van der Waals surface area (Å²) in [6.07, 6.45) is 6.40. The molecule has 0 unspecified atom stereocenters. The number of aliphatic hydroxyl groups is 1. The van der Waals surface area contributed by atoms with Crippen LogP contribution in [0.25, 0.3) is 0 Å². The average molecular weight is 287 g/mol. The molecule has 1 aromatic carbocycles. The Balaban J connectivity index is 1.85. The standard InChI is InChI=1S/C17H21NO3/c19-12-13-5-4-6-14(9-13)18-15(20)10-17(11-16(18)21)7-2-1-3-8-17/h4-6,9,19H,1-3,7-8,10-12H2. The lowest BCUT2D eigenvalue weighted by Gasteiger charge is -2.42. The normalized spacial score (nSPS) is 21.9. The van der Waals surface area contributed by atoms with E-state index < -0.39 is 0 Å². The number of benzene rings is 1. The number of carbonyl (C=O) groups excluding carboxylic acids is 2. The molecule has 112 valence electrons. The fraction of sp³-hybridized carbons (Fsp3) is 0.529. The van der Waals surface area contributed by atoms with Gasteiger partial charge in [-0.15, -0.1) is 0 Å². The number of hydrogen-bond acceptors (Lipinski definition) is 3. The molecule has 1 aromatic rings. The molecule has 1 spiro atoms. The van der Waals surface area contributed by atoms with E-state index in [1.807, 2.05) is 0 Å². The molecule has 2 aliphatic rings. The van der Waals surface area contributed by atoms with Crippen molar-refractivity contribution in [1.29, 1.82) is 0 Å². The van der Waals surface area contributed by atoms with Gasteiger partial charge in [0.25, 0.3) is 0 Å². The smallest absolute Gasteiger partial charge is 0.234 e. The second-order valence-corrected chi connectivity index (χ2v) is 6.37. The lowest BCUT2D eigenvalue weighted by Crippen LogP contribution is -2.48. The molecule has 2 amide bonds. The molecule has 21 heavy (non-hydrogen) atoms. The molecule has 0 atom stereocenters. The van der Waals surface area contributed by atoms with E-state index in [1.165, 1.54) is 11.3 Å². The van der Waals surface area contributed by atoms with Gasteiger partial charge in [0.1, 0.15) is 0 Å². The van der Waals surface area contributed by atoms with Crippen molar-refractivity contribution in [2.45, 2.75) is 51.6 Å². The number of hydrogen-bond donors (Lipinski definition) is 1. The fourth-order valence-corrected chi connectivity index (χ4v) is 3.74. The topological polar surface area (TPSA) is 57.6 Å². The van der Waals surface area contributed by atoms with Crippen LogP contribution in [-0.2, 0) is 16.2 Å². The fourth-order valence-electron chi connectivity index (χ4n) is 3.74. The first-order valence-electron chi connectivity index (χ1n) is 7.69. The van der Waals surface area contributed by atoms with Gasteiger partial charge in [-0.25, -0.2) is 0 Å². The van der Waals surface area contributed by atoms with Crippen molar-refractivity contribution in [1.82, 2.24) is 0 Å². The van der Waals surface area contributed by atoms with Crippen LogP contribution in [0.1, 0.15) is 50.5 Å². The zero-order chi connectivity index (χ0) is 14.9. The van der Waals surface area contributed by atoms with E-state index in [0.29, 0.717) is 24.1 Å². The molecule has 1 heterocycles. The Morgan fingerprint density at radius 1 is 1.05 bits per heavy atom. The zero-order valence-electron chi connectivity index (χ0n) is 12.2. The van der Waals surface area contributed by atoms with Gasteiger partial charge in [-0.3, -0.25) is 14.5 Å². The highest BCUT2D eigenvalue weighted by Gasteiger charge is 2.44. The first-order chi connectivity index (χ1) is 10.1. The predicted molar refractivity (Wildman–Crippen MR) is 79.6 cm³/mol. The summed E-state index contributed by atoms with van der Waals surface area (Å²) in [7, 11) is 0. The van der Waals surface area contributed by atoms with Gasteiger partial charge < -0.3 is 5.11 Å². The third-order valence-electron chi connectivity index (χ3n) is 4.82. The van der Waals surface area contributed by atoms with Crippen LogP contribution in [-0.4, -0.2) is 16.9 Å². The van der Waals surface area contributed by atoms with E-state index in [2.05, 4.69) is 0 Å². The first kappa shape index (κ1) is 14.3. The lowest BCUT2D eigenvalue weighted by atomic mass is 9.67. The summed E-state index contributed by atoms with van der Waals surface area (Å²) in [4.78, 5) is 26.3. The van der Waals surface area contributed by atoms with Gasteiger partial charge in [-0.05, 0) is 36.0 Å². The summed E-state index contributed by atoms with van der Waals surface area (Å²) in [6.45, 7) is -0.0893. The van der Waals surface area contributed by atoms with Crippen LogP contribution in [0.2, 0.25) is 0 Å². The molecule has 1 saturated heterocycles. The van der Waals surface area contributed by atoms with Crippen LogP contribution in [0.5, 0.6) is 0 Å². The monoisotopic (exact) mass is 287 g/mol. The van der Waals surface area contributed by atoms with Crippen molar-refractivity contribution < 1.29 is 14.7 Å². The van der Waals surface area contributed by atoms with Crippen molar-refractivity contribution in [3.05, 3.63) is 29.8 Å². The van der Waals surface area contributed by atoms with Gasteiger partial charge in [0.05, 0.1) is 12.3 Å². The minimum atomic E-state index is -0.0942. The minimum absolute atomic E-state index is 0.0858. The van der Waals surface area contributed by atoms with Gasteiger partial charge in [0.15, 0.2) is 0 Å². The Kier molecular flexibility index (Phi) is 3.81. The van der Waals surface area contributed by atoms with E-state index in [9.17, 15) is 14.7 Å². The number of amides is 2. The number of imide groups is 1. The highest BCUT2D eigenvalue weighted by molar-refractivity contribution is 6.17. The van der Waals surface area contributed by atoms with E-state index in [-0.39, 0.29) is 23.8 Å². The molecule has 0 radical (unpaired) electrons. The Hall–Kier alpha value is -1.68. The summed E-state index contributed by atoms with van der Waals surface area (Å²) in [5.41, 5.74) is 1.21. The van der Waals surface area contributed by atoms with Gasteiger partial charge in [0.2, 0.25) is 11.8 Å². The van der Waals surface area contributed by atoms with Gasteiger partial charge in [-0.1, -0.05) is 31.4 Å². The molecular weight excluding hydrogens is 266 g/mol. The summed E-state index contributed by atoms with van der Waals surface area (Å²) >= 11 is 0. The van der Waals surface area contributed by atoms with Crippen molar-refractivity contribution in [2.24, 2.45) is 5.41 Å². The Morgan fingerprint density at radius 2 is 1.71 bits per heavy atom. The maximum atomic E-state index is 12.5. The number of carbonyl (C=O) groups is 2. The highest BCUT2D eigenvalue weighted by Crippen LogP contribution is 2.46. The number of anilines is 1. The SMILES string of the molecule is O=C1CC2(CCCCC2)CC(=O)N1c1cccc(CO)c1. The van der Waals surface area contributed by atoms with Gasteiger partial charge >= 0.3 is 0 Å². The molecule has 4 nitrogen and oxygen atoms in total. The minimum Gasteiger partial charge on any atom is -0.392 e. The van der Waals surface area contributed by atoms with E-state index in [4.69, 9.17) is 0 Å². The van der Waals surface area contributed by atoms with Crippen LogP contribution in [0.4, 0.5) is 5.69 Å². The molecule has 4 heteroatoms. The Labute approximate surface area is 124 Å². The van der Waals surface area contributed by atoms with Crippen LogP contribution < -0.4 is 4.90 Å². The molecule has 2 fully saturated rings. The van der Waals surface area contributed by atoms with E-state index in [1.54, 1.807) is 24.3 Å². The van der Waals surface area contributed by atoms with Crippen LogP contribution in [0.3, 0.4) is 0 Å². The number of rotatable bonds is 2. The van der Waals surface area contributed by atoms with Gasteiger partial charge in [0, 0.05) is 12.8 Å². The molecule has 0 bridgehead atoms. The van der Waals surface area contributed by atoms with Crippen LogP contribution in [0, 0.1) is 5.41 Å². The number of aliphatic hydroxyl groups excluding tert-OH is 1. The highest BCUT2D eigenvalue weighted by atomic mass is 16.3. The third-order valence-corrected chi connectivity index (χ3v) is 4.82. The van der Waals surface area contributed by atoms with Crippen LogP contribution in [0.15, 0.2) is 24.3 Å². The third kappa shape index (κ3) is 2.72. The number of nitrogens with zero attached hydrogens (tertiary/aromatic N) is 1. The van der Waals surface area contributed by atoms with Crippen molar-refractivity contribution >= 4 is 17.5 Å². The van der Waals surface area contributed by atoms with Crippen molar-refractivity contribution in [3.63, 3.8) is 0 Å². The summed E-state index contributed by atoms with van der Waals surface area (Å²) in [5.74, 6) is -0.188. The largest absolute Gasteiger partial charge is 0.392 e. The van der Waals surface area contributed by atoms with Crippen molar-refractivity contribution in [3.8, 4) is 0 Å². The van der Waals surface area contributed by atoms with Crippen LogP contribution >= 0.6 is 0 Å². The lowest BCUT2D eigenvalue weighted by molar-refractivity contribution is -0.134. The second kappa shape index (κ2) is 5.60. The summed E-state index contributed by atoms with van der Waals surface area (Å²) in [6, 6.07) is 7.03. The van der Waals surface area contributed by atoms with Gasteiger partial charge in [-0.2, -0.15) is 0 Å². The quantitative estimate of drug-likeness (QED) is 0.851. The van der Waals surface area contributed by atoms with E-state index >= 15 is 0 Å². The maximum absolute atomic E-state index is 12.5. The maximum Gasteiger partial charge on any atom is 0.234 e. The molecule has 3 rings (SSSR count). The molecule has 1 aliphatic carbocycles.